The van der Waals surface area contributed by atoms with Crippen molar-refractivity contribution in [2.75, 3.05) is 6.54 Å². The third kappa shape index (κ3) is 2.02. The summed E-state index contributed by atoms with van der Waals surface area (Å²) in [5.74, 6) is 0. The van der Waals surface area contributed by atoms with Gasteiger partial charge in [0.05, 0.1) is 10.6 Å². The minimum atomic E-state index is 0.657. The highest BCUT2D eigenvalue weighted by Crippen LogP contribution is 2.33. The molecule has 19 heavy (non-hydrogen) atoms. The van der Waals surface area contributed by atoms with Crippen molar-refractivity contribution in [3.8, 4) is 10.6 Å². The number of hydrogen-bond donors (Lipinski definition) is 1. The molecule has 0 unspecified atom stereocenters. The topological polar surface area (TPSA) is 43.3 Å². The first-order valence-electron chi connectivity index (χ1n) is 6.49. The fourth-order valence-electron chi connectivity index (χ4n) is 2.52. The predicted octanol–water partition coefficient (Wildman–Crippen LogP) is 3.50. The van der Waals surface area contributed by atoms with Gasteiger partial charge >= 0.3 is 0 Å². The van der Waals surface area contributed by atoms with Gasteiger partial charge < -0.3 is 5.73 Å². The molecule has 3 aromatic heterocycles. The predicted molar refractivity (Wildman–Crippen MR) is 83.3 cm³/mol. The summed E-state index contributed by atoms with van der Waals surface area (Å²) >= 11 is 3.52. The van der Waals surface area contributed by atoms with Crippen molar-refractivity contribution < 1.29 is 0 Å². The van der Waals surface area contributed by atoms with Crippen molar-refractivity contribution in [2.45, 2.75) is 26.7 Å². The minimum Gasteiger partial charge on any atom is -0.330 e. The maximum atomic E-state index is 5.80. The maximum Gasteiger partial charge on any atom is 0.194 e. The van der Waals surface area contributed by atoms with Gasteiger partial charge in [-0.1, -0.05) is 13.0 Å². The second-order valence-electron chi connectivity index (χ2n) is 4.50. The first kappa shape index (κ1) is 12.8. The number of thiophene rings is 1. The quantitative estimate of drug-likeness (QED) is 0.799. The molecule has 0 bridgehead atoms. The number of nitrogens with zero attached hydrogens (tertiary/aromatic N) is 2. The fraction of sp³-hybridized carbons (Fsp3) is 0.357. The standard InChI is InChI=1S/C14H17N3S2/c1-3-10-9(2)19-14-16-13(12-5-4-8-18-12)11(6-7-15)17(10)14/h4-5,8H,3,6-7,15H2,1-2H3. The molecular formula is C14H17N3S2. The van der Waals surface area contributed by atoms with Crippen LogP contribution < -0.4 is 5.73 Å². The third-order valence-electron chi connectivity index (χ3n) is 3.33. The zero-order chi connectivity index (χ0) is 13.4. The molecule has 2 N–H and O–H groups in total. The summed E-state index contributed by atoms with van der Waals surface area (Å²) in [5, 5.41) is 2.10. The SMILES string of the molecule is CCc1c(C)sc2nc(-c3cccs3)c(CCN)n12. The van der Waals surface area contributed by atoms with E-state index < -0.39 is 0 Å². The van der Waals surface area contributed by atoms with E-state index in [2.05, 4.69) is 35.8 Å². The van der Waals surface area contributed by atoms with Gasteiger partial charge in [0.1, 0.15) is 5.69 Å². The average molecular weight is 291 g/mol. The van der Waals surface area contributed by atoms with Crippen LogP contribution in [0.1, 0.15) is 23.2 Å². The van der Waals surface area contributed by atoms with Gasteiger partial charge in [0, 0.05) is 17.0 Å². The summed E-state index contributed by atoms with van der Waals surface area (Å²) in [7, 11) is 0. The number of fused-ring (bicyclic) bond motifs is 1. The van der Waals surface area contributed by atoms with Crippen LogP contribution in [-0.2, 0) is 12.8 Å². The van der Waals surface area contributed by atoms with Crippen molar-refractivity contribution in [1.29, 1.82) is 0 Å². The zero-order valence-electron chi connectivity index (χ0n) is 11.1. The second-order valence-corrected chi connectivity index (χ2v) is 6.63. The van der Waals surface area contributed by atoms with Gasteiger partial charge in [0.25, 0.3) is 0 Å². The molecule has 0 saturated carbocycles. The summed E-state index contributed by atoms with van der Waals surface area (Å²) in [6, 6.07) is 4.21. The van der Waals surface area contributed by atoms with Gasteiger partial charge in [0.2, 0.25) is 0 Å². The lowest BCUT2D eigenvalue weighted by molar-refractivity contribution is 0.873. The van der Waals surface area contributed by atoms with Crippen molar-refractivity contribution in [1.82, 2.24) is 9.38 Å². The van der Waals surface area contributed by atoms with Gasteiger partial charge in [-0.05, 0) is 31.3 Å². The van der Waals surface area contributed by atoms with Crippen LogP contribution in [0, 0.1) is 6.92 Å². The molecule has 3 rings (SSSR count). The molecular weight excluding hydrogens is 274 g/mol. The molecule has 0 aromatic carbocycles. The molecule has 5 heteroatoms. The van der Waals surface area contributed by atoms with E-state index in [1.807, 2.05) is 0 Å². The Balaban J connectivity index is 2.29. The Hall–Kier alpha value is -1.17. The van der Waals surface area contributed by atoms with Crippen molar-refractivity contribution >= 4 is 27.6 Å². The van der Waals surface area contributed by atoms with E-state index in [9.17, 15) is 0 Å². The molecule has 100 valence electrons. The molecule has 0 spiro atoms. The lowest BCUT2D eigenvalue weighted by Gasteiger charge is -2.04. The number of imidazole rings is 1. The first-order valence-corrected chi connectivity index (χ1v) is 8.19. The summed E-state index contributed by atoms with van der Waals surface area (Å²) in [4.78, 5) is 8.54. The molecule has 3 nitrogen and oxygen atoms in total. The number of thiazole rings is 1. The highest BCUT2D eigenvalue weighted by Gasteiger charge is 2.19. The fourth-order valence-corrected chi connectivity index (χ4v) is 4.33. The summed E-state index contributed by atoms with van der Waals surface area (Å²) in [6.07, 6.45) is 1.90. The van der Waals surface area contributed by atoms with Crippen LogP contribution in [0.3, 0.4) is 0 Å². The van der Waals surface area contributed by atoms with Gasteiger partial charge in [-0.2, -0.15) is 0 Å². The monoisotopic (exact) mass is 291 g/mol. The van der Waals surface area contributed by atoms with E-state index in [0.717, 1.165) is 23.5 Å². The molecule has 0 fully saturated rings. The number of nitrogens with two attached hydrogens (primary N) is 1. The molecule has 0 aliphatic rings. The van der Waals surface area contributed by atoms with E-state index in [-0.39, 0.29) is 0 Å². The molecule has 3 heterocycles. The molecule has 0 aliphatic heterocycles. The average Bonchev–Trinajstić information content (AvgIpc) is 3.06. The summed E-state index contributed by atoms with van der Waals surface area (Å²) < 4.78 is 2.32. The smallest absolute Gasteiger partial charge is 0.194 e. The maximum absolute atomic E-state index is 5.80. The van der Waals surface area contributed by atoms with Gasteiger partial charge in [0.15, 0.2) is 4.96 Å². The number of rotatable bonds is 4. The minimum absolute atomic E-state index is 0.657. The molecule has 0 radical (unpaired) electrons. The lowest BCUT2D eigenvalue weighted by atomic mass is 10.2. The van der Waals surface area contributed by atoms with Gasteiger partial charge in [-0.25, -0.2) is 4.98 Å². The van der Waals surface area contributed by atoms with Crippen molar-refractivity contribution in [3.05, 3.63) is 33.8 Å². The van der Waals surface area contributed by atoms with Gasteiger partial charge in [-0.3, -0.25) is 4.40 Å². The molecule has 0 saturated heterocycles. The highest BCUT2D eigenvalue weighted by atomic mass is 32.1. The Bertz CT molecular complexity index is 692. The Morgan fingerprint density at radius 1 is 1.37 bits per heavy atom. The number of aromatic nitrogens is 2. The van der Waals surface area contributed by atoms with E-state index >= 15 is 0 Å². The normalized spacial score (nSPS) is 11.5. The number of aryl methyl sites for hydroxylation is 2. The summed E-state index contributed by atoms with van der Waals surface area (Å²) in [5.41, 5.74) is 9.55. The van der Waals surface area contributed by atoms with Gasteiger partial charge in [-0.15, -0.1) is 22.7 Å². The Labute approximate surface area is 120 Å². The van der Waals surface area contributed by atoms with Crippen LogP contribution in [0.2, 0.25) is 0 Å². The van der Waals surface area contributed by atoms with E-state index in [1.165, 1.54) is 21.1 Å². The largest absolute Gasteiger partial charge is 0.330 e. The van der Waals surface area contributed by atoms with E-state index in [4.69, 9.17) is 10.7 Å². The lowest BCUT2D eigenvalue weighted by Crippen LogP contribution is -2.07. The Morgan fingerprint density at radius 2 is 2.21 bits per heavy atom. The second kappa shape index (κ2) is 5.07. The van der Waals surface area contributed by atoms with Crippen LogP contribution in [0.5, 0.6) is 0 Å². The first-order chi connectivity index (χ1) is 9.26. The van der Waals surface area contributed by atoms with Crippen LogP contribution in [-0.4, -0.2) is 15.9 Å². The van der Waals surface area contributed by atoms with Crippen LogP contribution in [0.15, 0.2) is 17.5 Å². The van der Waals surface area contributed by atoms with Crippen LogP contribution in [0.4, 0.5) is 0 Å². The van der Waals surface area contributed by atoms with E-state index in [1.54, 1.807) is 22.7 Å². The van der Waals surface area contributed by atoms with E-state index in [0.29, 0.717) is 6.54 Å². The third-order valence-corrected chi connectivity index (χ3v) is 5.21. The number of hydrogen-bond acceptors (Lipinski definition) is 4. The van der Waals surface area contributed by atoms with Crippen LogP contribution >= 0.6 is 22.7 Å². The van der Waals surface area contributed by atoms with Crippen molar-refractivity contribution in [2.24, 2.45) is 5.73 Å². The molecule has 3 aromatic rings. The molecule has 0 aliphatic carbocycles. The van der Waals surface area contributed by atoms with Crippen LogP contribution in [0.25, 0.3) is 15.5 Å². The molecule has 0 atom stereocenters. The summed E-state index contributed by atoms with van der Waals surface area (Å²) in [6.45, 7) is 5.03. The van der Waals surface area contributed by atoms with Crippen molar-refractivity contribution in [3.63, 3.8) is 0 Å². The Morgan fingerprint density at radius 3 is 2.84 bits per heavy atom. The highest BCUT2D eigenvalue weighted by molar-refractivity contribution is 7.17. The Kier molecular flexibility index (Phi) is 3.43. The molecule has 0 amide bonds. The zero-order valence-corrected chi connectivity index (χ0v) is 12.8.